The number of methoxy groups -OCH3 is 1. The second-order valence-electron chi connectivity index (χ2n) is 8.10. The number of carboxylic acid groups (broad SMARTS) is 1. The van der Waals surface area contributed by atoms with Gasteiger partial charge in [0.1, 0.15) is 11.3 Å². The Kier molecular flexibility index (Phi) is 5.23. The van der Waals surface area contributed by atoms with Gasteiger partial charge in [-0.2, -0.15) is 18.3 Å². The smallest absolute Gasteiger partial charge is 0.434 e. The Morgan fingerprint density at radius 1 is 1.11 bits per heavy atom. The fourth-order valence-corrected chi connectivity index (χ4v) is 4.45. The van der Waals surface area contributed by atoms with E-state index in [1.807, 2.05) is 18.2 Å². The third-order valence-corrected chi connectivity index (χ3v) is 6.01. The molecule has 0 bridgehead atoms. The van der Waals surface area contributed by atoms with Gasteiger partial charge in [0, 0.05) is 29.4 Å². The quantitative estimate of drug-likeness (QED) is 0.438. The fraction of sp³-hybridized carbons (Fsp3) is 0.160. The van der Waals surface area contributed by atoms with E-state index < -0.39 is 23.4 Å². The Hall–Kier alpha value is -4.34. The topological polar surface area (TPSA) is 84.7 Å². The number of aromatic nitrogens is 2. The van der Waals surface area contributed by atoms with Gasteiger partial charge in [0.25, 0.3) is 5.91 Å². The summed E-state index contributed by atoms with van der Waals surface area (Å²) in [4.78, 5) is 26.4. The van der Waals surface area contributed by atoms with Crippen LogP contribution in [0.4, 0.5) is 13.2 Å². The summed E-state index contributed by atoms with van der Waals surface area (Å²) in [6, 6.07) is 15.3. The summed E-state index contributed by atoms with van der Waals surface area (Å²) in [5, 5.41) is 13.9. The highest BCUT2D eigenvalue weighted by Crippen LogP contribution is 2.38. The summed E-state index contributed by atoms with van der Waals surface area (Å²) in [7, 11) is 1.57. The van der Waals surface area contributed by atoms with Crippen molar-refractivity contribution in [1.29, 1.82) is 0 Å². The minimum atomic E-state index is -4.95. The van der Waals surface area contributed by atoms with E-state index in [4.69, 9.17) is 4.74 Å². The van der Waals surface area contributed by atoms with Gasteiger partial charge in [-0.05, 0) is 35.4 Å². The van der Waals surface area contributed by atoms with E-state index in [2.05, 4.69) is 5.10 Å². The number of carbonyl (C=O) groups is 2. The molecule has 0 aliphatic carbocycles. The summed E-state index contributed by atoms with van der Waals surface area (Å²) in [5.74, 6) is -1.28. The van der Waals surface area contributed by atoms with Crippen LogP contribution in [-0.2, 0) is 19.3 Å². The Bertz CT molecular complexity index is 1480. The minimum Gasteiger partial charge on any atom is -0.497 e. The van der Waals surface area contributed by atoms with E-state index in [0.29, 0.717) is 39.5 Å². The monoisotopic (exact) mass is 481 g/mol. The van der Waals surface area contributed by atoms with Gasteiger partial charge < -0.3 is 14.7 Å². The largest absolute Gasteiger partial charge is 0.497 e. The second-order valence-corrected chi connectivity index (χ2v) is 8.10. The molecule has 1 aliphatic rings. The van der Waals surface area contributed by atoms with Crippen LogP contribution in [0.2, 0.25) is 0 Å². The molecule has 2 heterocycles. The highest BCUT2D eigenvalue weighted by Gasteiger charge is 2.41. The third-order valence-electron chi connectivity index (χ3n) is 6.01. The van der Waals surface area contributed by atoms with Crippen LogP contribution in [0.15, 0.2) is 60.8 Å². The molecule has 0 radical (unpaired) electrons. The first kappa shape index (κ1) is 22.5. The lowest BCUT2D eigenvalue weighted by Gasteiger charge is -2.30. The highest BCUT2D eigenvalue weighted by molar-refractivity contribution is 6.12. The van der Waals surface area contributed by atoms with Crippen LogP contribution < -0.4 is 4.74 Å². The lowest BCUT2D eigenvalue weighted by molar-refractivity contribution is -0.143. The molecule has 35 heavy (non-hydrogen) atoms. The first-order valence-electron chi connectivity index (χ1n) is 10.5. The predicted octanol–water partition coefficient (Wildman–Crippen LogP) is 4.91. The molecule has 1 aromatic heterocycles. The molecule has 0 unspecified atom stereocenters. The number of benzene rings is 3. The number of rotatable bonds is 5. The maximum absolute atomic E-state index is 13.8. The average Bonchev–Trinajstić information content (AvgIpc) is 3.29. The Labute approximate surface area is 197 Å². The molecule has 5 rings (SSSR count). The van der Waals surface area contributed by atoms with Crippen molar-refractivity contribution in [3.8, 4) is 11.4 Å². The number of carbonyl (C=O) groups excluding carboxylic acids is 1. The number of hydrogen-bond acceptors (Lipinski definition) is 4. The van der Waals surface area contributed by atoms with E-state index in [0.717, 1.165) is 11.1 Å². The fourth-order valence-electron chi connectivity index (χ4n) is 4.45. The van der Waals surface area contributed by atoms with Crippen molar-refractivity contribution >= 4 is 22.6 Å². The molecular weight excluding hydrogens is 463 g/mol. The van der Waals surface area contributed by atoms with Gasteiger partial charge >= 0.3 is 12.1 Å². The van der Waals surface area contributed by atoms with Crippen molar-refractivity contribution in [3.63, 3.8) is 0 Å². The Balaban J connectivity index is 1.60. The van der Waals surface area contributed by atoms with Crippen molar-refractivity contribution in [2.24, 2.45) is 0 Å². The zero-order chi connectivity index (χ0) is 24.9. The van der Waals surface area contributed by atoms with Crippen molar-refractivity contribution in [2.45, 2.75) is 19.3 Å². The molecule has 0 atom stereocenters. The van der Waals surface area contributed by atoms with Gasteiger partial charge in [-0.1, -0.05) is 30.3 Å². The number of ether oxygens (including phenoxy) is 1. The molecule has 1 aliphatic heterocycles. The van der Waals surface area contributed by atoms with E-state index in [1.54, 1.807) is 36.3 Å². The van der Waals surface area contributed by atoms with Crippen molar-refractivity contribution in [2.75, 3.05) is 7.11 Å². The predicted molar refractivity (Wildman–Crippen MR) is 120 cm³/mol. The van der Waals surface area contributed by atoms with Crippen molar-refractivity contribution in [1.82, 2.24) is 14.7 Å². The minimum absolute atomic E-state index is 0.0434. The summed E-state index contributed by atoms with van der Waals surface area (Å²) < 4.78 is 47.1. The van der Waals surface area contributed by atoms with E-state index in [-0.39, 0.29) is 18.1 Å². The molecule has 7 nitrogen and oxygen atoms in total. The second kappa shape index (κ2) is 8.15. The van der Waals surface area contributed by atoms with E-state index in [9.17, 15) is 27.9 Å². The van der Waals surface area contributed by atoms with Crippen LogP contribution in [0.1, 0.15) is 37.5 Å². The summed E-state index contributed by atoms with van der Waals surface area (Å²) in [5.41, 5.74) is -0.251. The molecular formula is C25H18F3N3O4. The van der Waals surface area contributed by atoms with Crippen LogP contribution in [-0.4, -0.2) is 38.8 Å². The summed E-state index contributed by atoms with van der Waals surface area (Å²) in [6.45, 7) is 0.615. The van der Waals surface area contributed by atoms with Gasteiger partial charge in [0.15, 0.2) is 5.69 Å². The summed E-state index contributed by atoms with van der Waals surface area (Å²) in [6.07, 6.45) is -4.27. The first-order valence-corrected chi connectivity index (χ1v) is 10.5. The highest BCUT2D eigenvalue weighted by atomic mass is 19.4. The summed E-state index contributed by atoms with van der Waals surface area (Å²) >= 11 is 0. The van der Waals surface area contributed by atoms with Crippen LogP contribution in [0.3, 0.4) is 0 Å². The Morgan fingerprint density at radius 3 is 2.51 bits per heavy atom. The SMILES string of the molecule is COc1ccc(CN2Cc3cccc4c(-n5ncc(C(=O)O)c5C(F)(F)F)ccc(c34)C2=O)cc1. The van der Waals surface area contributed by atoms with Gasteiger partial charge in [-0.3, -0.25) is 4.79 Å². The van der Waals surface area contributed by atoms with Gasteiger partial charge in [0.2, 0.25) is 0 Å². The van der Waals surface area contributed by atoms with E-state index >= 15 is 0 Å². The molecule has 0 saturated carbocycles. The maximum atomic E-state index is 13.8. The zero-order valence-electron chi connectivity index (χ0n) is 18.3. The van der Waals surface area contributed by atoms with Gasteiger partial charge in [-0.15, -0.1) is 0 Å². The van der Waals surface area contributed by atoms with Crippen LogP contribution in [0.5, 0.6) is 5.75 Å². The first-order chi connectivity index (χ1) is 16.7. The van der Waals surface area contributed by atoms with Gasteiger partial charge in [0.05, 0.1) is 19.0 Å². The number of alkyl halides is 3. The average molecular weight is 481 g/mol. The van der Waals surface area contributed by atoms with Crippen molar-refractivity contribution in [3.05, 3.63) is 88.7 Å². The van der Waals surface area contributed by atoms with Gasteiger partial charge in [-0.25, -0.2) is 9.48 Å². The van der Waals surface area contributed by atoms with Crippen LogP contribution in [0.25, 0.3) is 16.5 Å². The molecule has 1 N–H and O–H groups in total. The molecule has 1 amide bonds. The molecule has 4 aromatic rings. The standard InChI is InChI=1S/C25H18F3N3O4/c1-35-16-7-5-14(6-8-16)12-30-13-15-3-2-4-17-20(10-9-18(21(15)17)23(30)32)31-22(25(26,27)28)19(11-29-31)24(33)34/h2-11H,12-13H2,1H3,(H,33,34). The molecule has 3 aromatic carbocycles. The number of amides is 1. The number of aromatic carboxylic acids is 1. The maximum Gasteiger partial charge on any atom is 0.434 e. The molecule has 10 heteroatoms. The number of carboxylic acids is 1. The molecule has 0 spiro atoms. The molecule has 178 valence electrons. The van der Waals surface area contributed by atoms with Crippen molar-refractivity contribution < 1.29 is 32.6 Å². The molecule has 0 fully saturated rings. The third kappa shape index (κ3) is 3.76. The lowest BCUT2D eigenvalue weighted by atomic mass is 9.93. The van der Waals surface area contributed by atoms with E-state index in [1.165, 1.54) is 12.1 Å². The number of halogens is 3. The molecule has 0 saturated heterocycles. The normalized spacial score (nSPS) is 13.4. The lowest BCUT2D eigenvalue weighted by Crippen LogP contribution is -2.33. The number of nitrogens with zero attached hydrogens (tertiary/aromatic N) is 3. The number of hydrogen-bond donors (Lipinski definition) is 1. The van der Waals surface area contributed by atoms with Crippen LogP contribution >= 0.6 is 0 Å². The zero-order valence-corrected chi connectivity index (χ0v) is 18.3. The van der Waals surface area contributed by atoms with Crippen LogP contribution in [0, 0.1) is 0 Å². The Morgan fingerprint density at radius 2 is 1.86 bits per heavy atom.